The number of hydrogen-bond acceptors (Lipinski definition) is 5. The van der Waals surface area contributed by atoms with Crippen molar-refractivity contribution in [2.75, 3.05) is 26.2 Å². The summed E-state index contributed by atoms with van der Waals surface area (Å²) in [6, 6.07) is 9.82. The number of carbonyl (C=O) groups excluding carboxylic acids is 1. The van der Waals surface area contributed by atoms with Crippen molar-refractivity contribution in [3.63, 3.8) is 0 Å². The van der Waals surface area contributed by atoms with Crippen LogP contribution in [0.5, 0.6) is 5.75 Å². The SMILES string of the molecule is CCN(CC)CCN1C(=O)c2oc3cc(C)c(C)cc3c(=O)c2C1c1cccc(O)c1. The topological polar surface area (TPSA) is 74.0 Å². The van der Waals surface area contributed by atoms with Crippen molar-refractivity contribution in [2.45, 2.75) is 33.7 Å². The smallest absolute Gasteiger partial charge is 0.290 e. The molecule has 0 aliphatic carbocycles. The number of aromatic hydroxyl groups is 1. The van der Waals surface area contributed by atoms with E-state index in [4.69, 9.17) is 4.42 Å². The van der Waals surface area contributed by atoms with Crippen LogP contribution in [-0.4, -0.2) is 47.0 Å². The van der Waals surface area contributed by atoms with E-state index in [-0.39, 0.29) is 22.8 Å². The number of benzene rings is 2. The van der Waals surface area contributed by atoms with Gasteiger partial charge < -0.3 is 19.3 Å². The van der Waals surface area contributed by atoms with E-state index in [9.17, 15) is 14.7 Å². The van der Waals surface area contributed by atoms with Crippen LogP contribution in [0.4, 0.5) is 0 Å². The fourth-order valence-electron chi connectivity index (χ4n) is 4.34. The molecule has 3 aromatic rings. The molecule has 1 amide bonds. The molecule has 2 heterocycles. The van der Waals surface area contributed by atoms with E-state index < -0.39 is 6.04 Å². The maximum Gasteiger partial charge on any atom is 0.290 e. The van der Waals surface area contributed by atoms with Crippen LogP contribution in [0.1, 0.15) is 52.7 Å². The van der Waals surface area contributed by atoms with Crippen LogP contribution in [0.2, 0.25) is 0 Å². The lowest BCUT2D eigenvalue weighted by Gasteiger charge is -2.28. The molecule has 4 rings (SSSR count). The van der Waals surface area contributed by atoms with E-state index in [2.05, 4.69) is 18.7 Å². The molecule has 1 N–H and O–H groups in total. The highest BCUT2D eigenvalue weighted by Crippen LogP contribution is 2.39. The number of phenols is 1. The minimum absolute atomic E-state index is 0.0961. The van der Waals surface area contributed by atoms with Gasteiger partial charge in [0, 0.05) is 13.1 Å². The highest BCUT2D eigenvalue weighted by molar-refractivity contribution is 5.99. The number of nitrogens with zero attached hydrogens (tertiary/aromatic N) is 2. The second-order valence-corrected chi connectivity index (χ2v) is 8.13. The first-order valence-electron chi connectivity index (χ1n) is 10.8. The molecule has 162 valence electrons. The molecular weight excluding hydrogens is 392 g/mol. The lowest BCUT2D eigenvalue weighted by molar-refractivity contribution is 0.0708. The van der Waals surface area contributed by atoms with Crippen LogP contribution in [0, 0.1) is 13.8 Å². The van der Waals surface area contributed by atoms with Gasteiger partial charge >= 0.3 is 0 Å². The molecule has 0 fully saturated rings. The molecule has 2 aromatic carbocycles. The molecule has 1 aromatic heterocycles. The molecule has 0 radical (unpaired) electrons. The van der Waals surface area contributed by atoms with Crippen LogP contribution in [0.3, 0.4) is 0 Å². The Morgan fingerprint density at radius 3 is 2.45 bits per heavy atom. The molecule has 31 heavy (non-hydrogen) atoms. The molecule has 0 bridgehead atoms. The van der Waals surface area contributed by atoms with E-state index >= 15 is 0 Å². The summed E-state index contributed by atoms with van der Waals surface area (Å²) in [6.45, 7) is 11.0. The van der Waals surface area contributed by atoms with Gasteiger partial charge in [0.1, 0.15) is 11.3 Å². The molecule has 0 spiro atoms. The third-order valence-corrected chi connectivity index (χ3v) is 6.32. The number of aryl methyl sites for hydroxylation is 2. The molecular formula is C25H28N2O4. The third kappa shape index (κ3) is 3.61. The van der Waals surface area contributed by atoms with E-state index in [1.807, 2.05) is 32.0 Å². The average molecular weight is 421 g/mol. The summed E-state index contributed by atoms with van der Waals surface area (Å²) in [6.07, 6.45) is 0. The summed E-state index contributed by atoms with van der Waals surface area (Å²) in [5, 5.41) is 10.5. The Labute approximate surface area is 181 Å². The van der Waals surface area contributed by atoms with E-state index in [0.717, 1.165) is 24.2 Å². The van der Waals surface area contributed by atoms with Crippen molar-refractivity contribution in [3.05, 3.63) is 74.6 Å². The number of carbonyl (C=O) groups is 1. The van der Waals surface area contributed by atoms with Crippen LogP contribution in [0.15, 0.2) is 45.6 Å². The summed E-state index contributed by atoms with van der Waals surface area (Å²) in [5.74, 6) is -0.0832. The molecule has 1 atom stereocenters. The van der Waals surface area contributed by atoms with Gasteiger partial charge in [-0.1, -0.05) is 26.0 Å². The Kier molecular flexibility index (Phi) is 5.58. The van der Waals surface area contributed by atoms with Crippen molar-refractivity contribution < 1.29 is 14.3 Å². The van der Waals surface area contributed by atoms with Gasteiger partial charge in [0.15, 0.2) is 5.43 Å². The Hall–Kier alpha value is -3.12. The monoisotopic (exact) mass is 420 g/mol. The predicted molar refractivity (Wildman–Crippen MR) is 121 cm³/mol. The molecule has 0 saturated heterocycles. The minimum atomic E-state index is -0.590. The van der Waals surface area contributed by atoms with Gasteiger partial charge in [-0.3, -0.25) is 9.59 Å². The van der Waals surface area contributed by atoms with Crippen LogP contribution >= 0.6 is 0 Å². The van der Waals surface area contributed by atoms with Gasteiger partial charge in [-0.05, 0) is 67.9 Å². The number of likely N-dealkylation sites (N-methyl/N-ethyl adjacent to an activating group) is 1. The Morgan fingerprint density at radius 1 is 1.06 bits per heavy atom. The van der Waals surface area contributed by atoms with E-state index in [0.29, 0.717) is 35.2 Å². The van der Waals surface area contributed by atoms with Gasteiger partial charge in [-0.25, -0.2) is 0 Å². The first kappa shape index (κ1) is 21.1. The summed E-state index contributed by atoms with van der Waals surface area (Å²) in [5.41, 5.74) is 3.29. The Morgan fingerprint density at radius 2 is 1.77 bits per heavy atom. The zero-order valence-corrected chi connectivity index (χ0v) is 18.4. The Balaban J connectivity index is 1.90. The zero-order chi connectivity index (χ0) is 22.3. The molecule has 6 heteroatoms. The molecule has 1 aliphatic heterocycles. The molecule has 1 aliphatic rings. The quantitative estimate of drug-likeness (QED) is 0.652. The van der Waals surface area contributed by atoms with Crippen molar-refractivity contribution in [1.82, 2.24) is 9.80 Å². The van der Waals surface area contributed by atoms with Gasteiger partial charge in [-0.2, -0.15) is 0 Å². The molecule has 6 nitrogen and oxygen atoms in total. The summed E-state index contributed by atoms with van der Waals surface area (Å²) in [4.78, 5) is 30.9. The first-order valence-corrected chi connectivity index (χ1v) is 10.8. The Bertz CT molecular complexity index is 1210. The number of rotatable bonds is 6. The van der Waals surface area contributed by atoms with Crippen LogP contribution < -0.4 is 5.43 Å². The highest BCUT2D eigenvalue weighted by Gasteiger charge is 2.42. The first-order chi connectivity index (χ1) is 14.8. The lowest BCUT2D eigenvalue weighted by atomic mass is 9.97. The van der Waals surface area contributed by atoms with Crippen molar-refractivity contribution in [2.24, 2.45) is 0 Å². The second-order valence-electron chi connectivity index (χ2n) is 8.13. The molecule has 1 unspecified atom stereocenters. The number of amides is 1. The predicted octanol–water partition coefficient (Wildman–Crippen LogP) is 4.00. The second kappa shape index (κ2) is 8.19. The summed E-state index contributed by atoms with van der Waals surface area (Å²) in [7, 11) is 0. The van der Waals surface area contributed by atoms with Gasteiger partial charge in [0.2, 0.25) is 5.76 Å². The molecule has 0 saturated carbocycles. The van der Waals surface area contributed by atoms with Crippen LogP contribution in [-0.2, 0) is 0 Å². The lowest BCUT2D eigenvalue weighted by Crippen LogP contribution is -2.37. The standard InChI is InChI=1S/C25H28N2O4/c1-5-26(6-2)10-11-27-22(17-8-7-9-18(28)14-17)21-23(29)19-12-15(3)16(4)13-20(19)31-24(21)25(27)30/h7-9,12-14,22,28H,5-6,10-11H2,1-4H3. The average Bonchev–Trinajstić information content (AvgIpc) is 3.03. The largest absolute Gasteiger partial charge is 0.508 e. The maximum atomic E-state index is 13.6. The highest BCUT2D eigenvalue weighted by atomic mass is 16.3. The van der Waals surface area contributed by atoms with Gasteiger partial charge in [-0.15, -0.1) is 0 Å². The van der Waals surface area contributed by atoms with Crippen molar-refractivity contribution in [3.8, 4) is 5.75 Å². The summed E-state index contributed by atoms with van der Waals surface area (Å²) < 4.78 is 6.04. The fourth-order valence-corrected chi connectivity index (χ4v) is 4.34. The zero-order valence-electron chi connectivity index (χ0n) is 18.4. The maximum absolute atomic E-state index is 13.6. The number of phenolic OH excluding ortho intramolecular Hbond substituents is 1. The van der Waals surface area contributed by atoms with E-state index in [1.165, 1.54) is 0 Å². The van der Waals surface area contributed by atoms with Crippen molar-refractivity contribution >= 4 is 16.9 Å². The number of fused-ring (bicyclic) bond motifs is 2. The minimum Gasteiger partial charge on any atom is -0.508 e. The number of hydrogen-bond donors (Lipinski definition) is 1. The van der Waals surface area contributed by atoms with Gasteiger partial charge in [0.05, 0.1) is 17.0 Å². The van der Waals surface area contributed by atoms with E-state index in [1.54, 1.807) is 23.1 Å². The van der Waals surface area contributed by atoms with Crippen LogP contribution in [0.25, 0.3) is 11.0 Å². The fraction of sp³-hybridized carbons (Fsp3) is 0.360. The van der Waals surface area contributed by atoms with Gasteiger partial charge in [0.25, 0.3) is 5.91 Å². The normalized spacial score (nSPS) is 15.8. The summed E-state index contributed by atoms with van der Waals surface area (Å²) >= 11 is 0. The van der Waals surface area contributed by atoms with Crippen molar-refractivity contribution in [1.29, 1.82) is 0 Å². The third-order valence-electron chi connectivity index (χ3n) is 6.32.